The van der Waals surface area contributed by atoms with Gasteiger partial charge in [-0.1, -0.05) is 35.3 Å². The van der Waals surface area contributed by atoms with Crippen molar-refractivity contribution < 1.29 is 24.2 Å². The van der Waals surface area contributed by atoms with E-state index in [1.165, 1.54) is 23.9 Å². The molecule has 4 rings (SSSR count). The minimum absolute atomic E-state index is 0.156. The summed E-state index contributed by atoms with van der Waals surface area (Å²) in [5.41, 5.74) is 2.26. The highest BCUT2D eigenvalue weighted by atomic mass is 35.5. The van der Waals surface area contributed by atoms with Crippen molar-refractivity contribution in [1.82, 2.24) is 5.32 Å². The SMILES string of the molecule is COc1ccc(N=C2NC(=O)/C(=C\c3cc(Cl)c(OCc4ccc(C(=O)O)cc4)c(Cl)c3)S2)cc1. The van der Waals surface area contributed by atoms with E-state index in [1.807, 2.05) is 0 Å². The number of carbonyl (C=O) groups is 2. The number of aromatic carboxylic acids is 1. The molecule has 178 valence electrons. The number of hydrogen-bond donors (Lipinski definition) is 2. The summed E-state index contributed by atoms with van der Waals surface area (Å²) in [7, 11) is 1.59. The number of carbonyl (C=O) groups excluding carboxylic acids is 1. The summed E-state index contributed by atoms with van der Waals surface area (Å²) in [6, 6.07) is 16.8. The fourth-order valence-electron chi connectivity index (χ4n) is 3.11. The van der Waals surface area contributed by atoms with Crippen molar-refractivity contribution in [2.45, 2.75) is 6.61 Å². The third-order valence-corrected chi connectivity index (χ3v) is 6.33. The van der Waals surface area contributed by atoms with Crippen LogP contribution >= 0.6 is 35.0 Å². The Labute approximate surface area is 215 Å². The molecular weight excluding hydrogens is 511 g/mol. The van der Waals surface area contributed by atoms with Crippen LogP contribution < -0.4 is 14.8 Å². The molecule has 0 saturated carbocycles. The molecule has 0 radical (unpaired) electrons. The molecule has 0 atom stereocenters. The number of amides is 1. The molecule has 10 heteroatoms. The zero-order valence-corrected chi connectivity index (χ0v) is 20.6. The Kier molecular flexibility index (Phi) is 7.65. The Balaban J connectivity index is 1.46. The van der Waals surface area contributed by atoms with Gasteiger partial charge in [0.25, 0.3) is 5.91 Å². The van der Waals surface area contributed by atoms with Crippen LogP contribution in [0.2, 0.25) is 10.0 Å². The number of halogens is 2. The first kappa shape index (κ1) is 24.7. The summed E-state index contributed by atoms with van der Waals surface area (Å²) in [6.45, 7) is 0.156. The molecule has 1 aliphatic heterocycles. The number of benzene rings is 3. The highest BCUT2D eigenvalue weighted by molar-refractivity contribution is 8.18. The quantitative estimate of drug-likeness (QED) is 0.356. The van der Waals surface area contributed by atoms with Crippen LogP contribution in [0.25, 0.3) is 6.08 Å². The third-order valence-electron chi connectivity index (χ3n) is 4.86. The van der Waals surface area contributed by atoms with Crippen LogP contribution in [-0.2, 0) is 11.4 Å². The van der Waals surface area contributed by atoms with E-state index in [1.54, 1.807) is 61.7 Å². The fraction of sp³-hybridized carbons (Fsp3) is 0.0800. The summed E-state index contributed by atoms with van der Waals surface area (Å²) >= 11 is 14.0. The maximum absolute atomic E-state index is 12.4. The van der Waals surface area contributed by atoms with E-state index in [0.717, 1.165) is 11.3 Å². The summed E-state index contributed by atoms with van der Waals surface area (Å²) in [5, 5.41) is 12.7. The number of aliphatic imine (C=N–C) groups is 1. The van der Waals surface area contributed by atoms with Crippen LogP contribution in [0.4, 0.5) is 5.69 Å². The van der Waals surface area contributed by atoms with E-state index >= 15 is 0 Å². The van der Waals surface area contributed by atoms with Gasteiger partial charge in [0.15, 0.2) is 10.9 Å². The zero-order valence-electron chi connectivity index (χ0n) is 18.2. The molecule has 1 fully saturated rings. The molecular formula is C25H18Cl2N2O5S. The lowest BCUT2D eigenvalue weighted by Crippen LogP contribution is -2.19. The number of nitrogens with zero attached hydrogens (tertiary/aromatic N) is 1. The number of methoxy groups -OCH3 is 1. The third kappa shape index (κ3) is 6.16. The Morgan fingerprint density at radius 3 is 2.34 bits per heavy atom. The molecule has 2 N–H and O–H groups in total. The maximum Gasteiger partial charge on any atom is 0.335 e. The van der Waals surface area contributed by atoms with Crippen molar-refractivity contribution in [3.63, 3.8) is 0 Å². The van der Waals surface area contributed by atoms with Crippen LogP contribution in [0.1, 0.15) is 21.5 Å². The average Bonchev–Trinajstić information content (AvgIpc) is 3.17. The summed E-state index contributed by atoms with van der Waals surface area (Å²) in [5.74, 6) is -0.265. The molecule has 0 spiro atoms. The first-order valence-electron chi connectivity index (χ1n) is 10.2. The van der Waals surface area contributed by atoms with Crippen LogP contribution in [0.15, 0.2) is 70.6 Å². The smallest absolute Gasteiger partial charge is 0.335 e. The van der Waals surface area contributed by atoms with Crippen LogP contribution in [-0.4, -0.2) is 29.3 Å². The largest absolute Gasteiger partial charge is 0.497 e. The molecule has 0 aromatic heterocycles. The van der Waals surface area contributed by atoms with Crippen molar-refractivity contribution in [2.75, 3.05) is 7.11 Å². The normalized spacial score (nSPS) is 15.3. The second-order valence-corrected chi connectivity index (χ2v) is 9.13. The van der Waals surface area contributed by atoms with Gasteiger partial charge in [-0.15, -0.1) is 0 Å². The topological polar surface area (TPSA) is 97.2 Å². The van der Waals surface area contributed by atoms with E-state index in [2.05, 4.69) is 10.3 Å². The average molecular weight is 529 g/mol. The highest BCUT2D eigenvalue weighted by Crippen LogP contribution is 2.37. The van der Waals surface area contributed by atoms with Gasteiger partial charge in [-0.05, 0) is 77.5 Å². The molecule has 3 aromatic carbocycles. The molecule has 0 unspecified atom stereocenters. The number of amidine groups is 1. The molecule has 1 amide bonds. The minimum Gasteiger partial charge on any atom is -0.497 e. The van der Waals surface area contributed by atoms with Crippen LogP contribution in [0, 0.1) is 0 Å². The van der Waals surface area contributed by atoms with Gasteiger partial charge in [-0.2, -0.15) is 0 Å². The summed E-state index contributed by atoms with van der Waals surface area (Å²) in [6.07, 6.45) is 1.67. The predicted molar refractivity (Wildman–Crippen MR) is 138 cm³/mol. The molecule has 0 bridgehead atoms. The van der Waals surface area contributed by atoms with Crippen LogP contribution in [0.3, 0.4) is 0 Å². The van der Waals surface area contributed by atoms with Gasteiger partial charge in [0.05, 0.1) is 33.3 Å². The van der Waals surface area contributed by atoms with Gasteiger partial charge in [-0.25, -0.2) is 9.79 Å². The maximum atomic E-state index is 12.4. The van der Waals surface area contributed by atoms with E-state index in [9.17, 15) is 9.59 Å². The Hall–Kier alpha value is -3.46. The van der Waals surface area contributed by atoms with Gasteiger partial charge < -0.3 is 19.9 Å². The molecule has 0 aliphatic carbocycles. The monoisotopic (exact) mass is 528 g/mol. The molecule has 1 saturated heterocycles. The number of thioether (sulfide) groups is 1. The molecule has 7 nitrogen and oxygen atoms in total. The molecule has 35 heavy (non-hydrogen) atoms. The van der Waals surface area contributed by atoms with Crippen molar-refractivity contribution in [3.8, 4) is 11.5 Å². The number of rotatable bonds is 7. The molecule has 3 aromatic rings. The van der Waals surface area contributed by atoms with E-state index in [4.69, 9.17) is 37.8 Å². The predicted octanol–water partition coefficient (Wildman–Crippen LogP) is 6.17. The number of ether oxygens (including phenoxy) is 2. The second kappa shape index (κ2) is 10.9. The lowest BCUT2D eigenvalue weighted by Gasteiger charge is -2.11. The number of nitrogens with one attached hydrogen (secondary N) is 1. The van der Waals surface area contributed by atoms with Gasteiger partial charge in [0.2, 0.25) is 0 Å². The second-order valence-electron chi connectivity index (χ2n) is 7.28. The highest BCUT2D eigenvalue weighted by Gasteiger charge is 2.24. The minimum atomic E-state index is -0.999. The first-order valence-corrected chi connectivity index (χ1v) is 11.8. The van der Waals surface area contributed by atoms with Crippen LogP contribution in [0.5, 0.6) is 11.5 Å². The van der Waals surface area contributed by atoms with Crippen molar-refractivity contribution in [2.24, 2.45) is 4.99 Å². The Morgan fingerprint density at radius 2 is 1.74 bits per heavy atom. The first-order chi connectivity index (χ1) is 16.8. The zero-order chi connectivity index (χ0) is 24.9. The lowest BCUT2D eigenvalue weighted by molar-refractivity contribution is -0.115. The van der Waals surface area contributed by atoms with Crippen molar-refractivity contribution in [3.05, 3.63) is 92.3 Å². The van der Waals surface area contributed by atoms with Crippen molar-refractivity contribution >= 4 is 63.8 Å². The molecule has 1 heterocycles. The number of carboxylic acid groups (broad SMARTS) is 1. The van der Waals surface area contributed by atoms with E-state index in [-0.39, 0.29) is 28.1 Å². The van der Waals surface area contributed by atoms with E-state index in [0.29, 0.717) is 27.1 Å². The van der Waals surface area contributed by atoms with Crippen molar-refractivity contribution in [1.29, 1.82) is 0 Å². The Bertz CT molecular complexity index is 1320. The van der Waals surface area contributed by atoms with Gasteiger partial charge in [-0.3, -0.25) is 4.79 Å². The van der Waals surface area contributed by atoms with Gasteiger partial charge >= 0.3 is 5.97 Å². The van der Waals surface area contributed by atoms with Gasteiger partial charge in [0.1, 0.15) is 12.4 Å². The summed E-state index contributed by atoms with van der Waals surface area (Å²) < 4.78 is 10.9. The standard InChI is InChI=1S/C25H18Cl2N2O5S/c1-33-18-8-6-17(7-9-18)28-25-29-23(30)21(35-25)12-15-10-19(26)22(20(27)11-15)34-13-14-2-4-16(5-3-14)24(31)32/h2-12H,13H2,1H3,(H,31,32)(H,28,29,30)/b21-12+. The fourth-order valence-corrected chi connectivity index (χ4v) is 4.56. The number of hydrogen-bond acceptors (Lipinski definition) is 6. The Morgan fingerprint density at radius 1 is 1.09 bits per heavy atom. The lowest BCUT2D eigenvalue weighted by atomic mass is 10.1. The van der Waals surface area contributed by atoms with E-state index < -0.39 is 5.97 Å². The molecule has 1 aliphatic rings. The summed E-state index contributed by atoms with van der Waals surface area (Å²) in [4.78, 5) is 28.3. The number of carboxylic acids is 1. The van der Waals surface area contributed by atoms with Gasteiger partial charge in [0, 0.05) is 0 Å².